The average molecular weight is 170 g/mol. The summed E-state index contributed by atoms with van der Waals surface area (Å²) in [6.07, 6.45) is 0. The molecule has 2 heteroatoms. The van der Waals surface area contributed by atoms with Crippen LogP contribution < -0.4 is 5.73 Å². The SMILES string of the molecule is Cc1ccccc1C(C)(N)Cl. The topological polar surface area (TPSA) is 26.0 Å². The maximum atomic E-state index is 5.94. The van der Waals surface area contributed by atoms with Crippen molar-refractivity contribution in [1.29, 1.82) is 0 Å². The van der Waals surface area contributed by atoms with Gasteiger partial charge in [0.2, 0.25) is 0 Å². The number of halogens is 1. The molecule has 0 heterocycles. The molecule has 1 unspecified atom stereocenters. The molecule has 0 aromatic heterocycles. The van der Waals surface area contributed by atoms with E-state index in [1.807, 2.05) is 31.2 Å². The van der Waals surface area contributed by atoms with Crippen molar-refractivity contribution in [3.05, 3.63) is 35.4 Å². The molecule has 0 aliphatic heterocycles. The highest BCUT2D eigenvalue weighted by Gasteiger charge is 2.17. The van der Waals surface area contributed by atoms with Gasteiger partial charge in [0.05, 0.1) is 0 Å². The molecule has 1 aromatic carbocycles. The normalized spacial score (nSPS) is 16.0. The molecule has 0 amide bonds. The molecule has 0 saturated heterocycles. The maximum Gasteiger partial charge on any atom is 0.114 e. The number of nitrogens with two attached hydrogens (primary N) is 1. The van der Waals surface area contributed by atoms with Gasteiger partial charge in [0.1, 0.15) is 5.00 Å². The molecule has 0 fully saturated rings. The van der Waals surface area contributed by atoms with E-state index in [0.29, 0.717) is 0 Å². The molecule has 0 radical (unpaired) electrons. The van der Waals surface area contributed by atoms with Crippen molar-refractivity contribution in [2.24, 2.45) is 5.73 Å². The number of benzene rings is 1. The minimum Gasteiger partial charge on any atom is -0.309 e. The Balaban J connectivity index is 3.14. The standard InChI is InChI=1S/C9H12ClN/c1-7-5-3-4-6-8(7)9(2,10)11/h3-6H,11H2,1-2H3. The van der Waals surface area contributed by atoms with Gasteiger partial charge < -0.3 is 5.73 Å². The monoisotopic (exact) mass is 169 g/mol. The highest BCUT2D eigenvalue weighted by atomic mass is 35.5. The Kier molecular flexibility index (Phi) is 2.21. The van der Waals surface area contributed by atoms with E-state index in [0.717, 1.165) is 11.1 Å². The molecular formula is C9H12ClN. The highest BCUT2D eigenvalue weighted by Crippen LogP contribution is 2.24. The zero-order valence-corrected chi connectivity index (χ0v) is 7.52. The van der Waals surface area contributed by atoms with Crippen molar-refractivity contribution >= 4 is 11.6 Å². The molecule has 0 saturated carbocycles. The van der Waals surface area contributed by atoms with Crippen LogP contribution in [0.5, 0.6) is 0 Å². The van der Waals surface area contributed by atoms with E-state index in [2.05, 4.69) is 0 Å². The average Bonchev–Trinajstić information content (AvgIpc) is 1.86. The van der Waals surface area contributed by atoms with Crippen molar-refractivity contribution in [1.82, 2.24) is 0 Å². The van der Waals surface area contributed by atoms with Gasteiger partial charge in [0, 0.05) is 0 Å². The summed E-state index contributed by atoms with van der Waals surface area (Å²) in [7, 11) is 0. The second-order valence-electron chi connectivity index (χ2n) is 2.89. The van der Waals surface area contributed by atoms with Crippen molar-refractivity contribution in [2.75, 3.05) is 0 Å². The Labute approximate surface area is 72.2 Å². The minimum atomic E-state index is -0.745. The molecule has 0 aliphatic carbocycles. The van der Waals surface area contributed by atoms with E-state index in [1.165, 1.54) is 0 Å². The van der Waals surface area contributed by atoms with E-state index in [9.17, 15) is 0 Å². The van der Waals surface area contributed by atoms with Crippen LogP contribution in [0.4, 0.5) is 0 Å². The lowest BCUT2D eigenvalue weighted by Crippen LogP contribution is -2.26. The van der Waals surface area contributed by atoms with Gasteiger partial charge in [-0.2, -0.15) is 0 Å². The van der Waals surface area contributed by atoms with E-state index in [1.54, 1.807) is 6.92 Å². The first-order valence-electron chi connectivity index (χ1n) is 3.56. The van der Waals surface area contributed by atoms with Crippen LogP contribution >= 0.6 is 11.6 Å². The van der Waals surface area contributed by atoms with E-state index >= 15 is 0 Å². The molecule has 11 heavy (non-hydrogen) atoms. The van der Waals surface area contributed by atoms with Gasteiger partial charge in [-0.1, -0.05) is 35.9 Å². The molecule has 0 spiro atoms. The van der Waals surface area contributed by atoms with Crippen molar-refractivity contribution < 1.29 is 0 Å². The number of aryl methyl sites for hydroxylation is 1. The van der Waals surface area contributed by atoms with Gasteiger partial charge >= 0.3 is 0 Å². The first kappa shape index (κ1) is 8.57. The summed E-state index contributed by atoms with van der Waals surface area (Å²) in [4.78, 5) is -0.745. The van der Waals surface area contributed by atoms with Crippen LogP contribution in [0.1, 0.15) is 18.1 Å². The fraction of sp³-hybridized carbons (Fsp3) is 0.333. The Morgan fingerprint density at radius 2 is 1.91 bits per heavy atom. The van der Waals surface area contributed by atoms with Crippen LogP contribution in [0.3, 0.4) is 0 Å². The van der Waals surface area contributed by atoms with Gasteiger partial charge in [-0.15, -0.1) is 0 Å². The molecule has 1 aromatic rings. The lowest BCUT2D eigenvalue weighted by Gasteiger charge is -2.18. The van der Waals surface area contributed by atoms with Crippen molar-refractivity contribution in [2.45, 2.75) is 18.8 Å². The Morgan fingerprint density at radius 3 is 2.27 bits per heavy atom. The van der Waals surface area contributed by atoms with Crippen LogP contribution in [-0.4, -0.2) is 0 Å². The number of rotatable bonds is 1. The lowest BCUT2D eigenvalue weighted by molar-refractivity contribution is 0.715. The molecule has 1 nitrogen and oxygen atoms in total. The highest BCUT2D eigenvalue weighted by molar-refractivity contribution is 6.23. The van der Waals surface area contributed by atoms with Crippen LogP contribution in [0, 0.1) is 6.92 Å². The summed E-state index contributed by atoms with van der Waals surface area (Å²) in [5.41, 5.74) is 7.84. The smallest absolute Gasteiger partial charge is 0.114 e. The van der Waals surface area contributed by atoms with Gasteiger partial charge in [-0.05, 0) is 25.0 Å². The van der Waals surface area contributed by atoms with E-state index in [-0.39, 0.29) is 0 Å². The molecule has 0 bridgehead atoms. The summed E-state index contributed by atoms with van der Waals surface area (Å²) in [6.45, 7) is 3.79. The second-order valence-corrected chi connectivity index (χ2v) is 3.68. The summed E-state index contributed by atoms with van der Waals surface area (Å²) in [5.74, 6) is 0. The third-order valence-electron chi connectivity index (χ3n) is 1.67. The molecule has 1 rings (SSSR count). The van der Waals surface area contributed by atoms with Gasteiger partial charge in [-0.3, -0.25) is 0 Å². The zero-order chi connectivity index (χ0) is 8.48. The van der Waals surface area contributed by atoms with Gasteiger partial charge in [-0.25, -0.2) is 0 Å². The first-order chi connectivity index (χ1) is 5.02. The third kappa shape index (κ3) is 1.95. The van der Waals surface area contributed by atoms with Crippen LogP contribution in [0.2, 0.25) is 0 Å². The Hall–Kier alpha value is -0.530. The van der Waals surface area contributed by atoms with E-state index < -0.39 is 5.00 Å². The zero-order valence-electron chi connectivity index (χ0n) is 6.76. The van der Waals surface area contributed by atoms with Gasteiger partial charge in [0.25, 0.3) is 0 Å². The molecule has 0 aliphatic rings. The summed E-state index contributed by atoms with van der Waals surface area (Å²) in [6, 6.07) is 7.86. The molecule has 60 valence electrons. The number of alkyl halides is 1. The lowest BCUT2D eigenvalue weighted by atomic mass is 10.0. The largest absolute Gasteiger partial charge is 0.309 e. The molecular weight excluding hydrogens is 158 g/mol. The molecule has 1 atom stereocenters. The third-order valence-corrected chi connectivity index (χ3v) is 1.88. The van der Waals surface area contributed by atoms with Crippen LogP contribution in [0.25, 0.3) is 0 Å². The summed E-state index contributed by atoms with van der Waals surface area (Å²) >= 11 is 5.94. The van der Waals surface area contributed by atoms with E-state index in [4.69, 9.17) is 17.3 Å². The molecule has 2 N–H and O–H groups in total. The van der Waals surface area contributed by atoms with Crippen molar-refractivity contribution in [3.63, 3.8) is 0 Å². The minimum absolute atomic E-state index is 0.745. The van der Waals surface area contributed by atoms with Crippen LogP contribution in [-0.2, 0) is 5.00 Å². The number of hydrogen-bond acceptors (Lipinski definition) is 1. The fourth-order valence-corrected chi connectivity index (χ4v) is 1.33. The number of hydrogen-bond donors (Lipinski definition) is 1. The maximum absolute atomic E-state index is 5.94. The fourth-order valence-electron chi connectivity index (χ4n) is 1.12. The van der Waals surface area contributed by atoms with Crippen LogP contribution in [0.15, 0.2) is 24.3 Å². The quantitative estimate of drug-likeness (QED) is 0.507. The van der Waals surface area contributed by atoms with Crippen molar-refractivity contribution in [3.8, 4) is 0 Å². The summed E-state index contributed by atoms with van der Waals surface area (Å²) < 4.78 is 0. The summed E-state index contributed by atoms with van der Waals surface area (Å²) in [5, 5.41) is 0. The first-order valence-corrected chi connectivity index (χ1v) is 3.93. The predicted molar refractivity (Wildman–Crippen MR) is 48.6 cm³/mol. The predicted octanol–water partition coefficient (Wildman–Crippen LogP) is 2.37. The van der Waals surface area contributed by atoms with Gasteiger partial charge in [0.15, 0.2) is 0 Å². The Bertz CT molecular complexity index is 250. The second kappa shape index (κ2) is 2.84. The Morgan fingerprint density at radius 1 is 1.36 bits per heavy atom.